The number of ether oxygens (including phenoxy) is 1. The van der Waals surface area contributed by atoms with Crippen molar-refractivity contribution >= 4 is 18.2 Å². The Labute approximate surface area is 150 Å². The quantitative estimate of drug-likeness (QED) is 0.723. The summed E-state index contributed by atoms with van der Waals surface area (Å²) in [5.74, 6) is 2.44. The van der Waals surface area contributed by atoms with Gasteiger partial charge in [-0.25, -0.2) is 0 Å². The van der Waals surface area contributed by atoms with Crippen molar-refractivity contribution in [1.82, 2.24) is 4.90 Å². The molecule has 3 nitrogen and oxygen atoms in total. The normalized spacial score (nSPS) is 10.8. The van der Waals surface area contributed by atoms with E-state index < -0.39 is 5.60 Å². The van der Waals surface area contributed by atoms with Gasteiger partial charge < -0.3 is 9.64 Å². The molecule has 0 aromatic heterocycles. The van der Waals surface area contributed by atoms with E-state index in [4.69, 9.17) is 11.2 Å². The Morgan fingerprint density at radius 2 is 1.50 bits per heavy atom. The molecule has 0 N–H and O–H groups in total. The summed E-state index contributed by atoms with van der Waals surface area (Å²) in [6, 6.07) is 19.0. The van der Waals surface area contributed by atoms with Crippen LogP contribution in [0.1, 0.15) is 11.1 Å². The van der Waals surface area contributed by atoms with Crippen LogP contribution in [0.25, 0.3) is 0 Å². The van der Waals surface area contributed by atoms with Crippen molar-refractivity contribution in [2.75, 3.05) is 27.2 Å². The van der Waals surface area contributed by atoms with Crippen molar-refractivity contribution in [2.45, 2.75) is 5.60 Å². The Bertz CT molecular complexity index is 638. The fourth-order valence-corrected chi connectivity index (χ4v) is 2.63. The Morgan fingerprint density at radius 3 is 1.88 bits per heavy atom. The van der Waals surface area contributed by atoms with Crippen LogP contribution in [-0.2, 0) is 15.1 Å². The molecule has 24 heavy (non-hydrogen) atoms. The molecule has 0 saturated carbocycles. The first kappa shape index (κ1) is 19.9. The number of terminal acetylenes is 1. The SMILES string of the molecule is C#CCOC(C(=O)CN(C)C)(c1ccccc1)c1ccccc1.Cl. The minimum atomic E-state index is -1.20. The zero-order valence-corrected chi connectivity index (χ0v) is 14.8. The minimum Gasteiger partial charge on any atom is -0.345 e. The molecular weight excluding hydrogens is 322 g/mol. The van der Waals surface area contributed by atoms with E-state index in [2.05, 4.69) is 5.92 Å². The summed E-state index contributed by atoms with van der Waals surface area (Å²) in [5.41, 5.74) is 0.376. The molecule has 0 aliphatic heterocycles. The first-order valence-corrected chi connectivity index (χ1v) is 7.47. The standard InChI is InChI=1S/C20H21NO2.ClH/c1-4-15-23-20(19(22)16-21(2)3,17-11-7-5-8-12-17)18-13-9-6-10-14-18;/h1,5-14H,15-16H2,2-3H3;1H. The number of halogens is 1. The molecular formula is C20H22ClNO2. The maximum Gasteiger partial charge on any atom is 0.187 e. The van der Waals surface area contributed by atoms with Gasteiger partial charge in [-0.15, -0.1) is 18.8 Å². The number of benzene rings is 2. The van der Waals surface area contributed by atoms with Crippen LogP contribution in [0.15, 0.2) is 60.7 Å². The average molecular weight is 344 g/mol. The summed E-state index contributed by atoms with van der Waals surface area (Å²) < 4.78 is 6.00. The highest BCUT2D eigenvalue weighted by molar-refractivity contribution is 5.93. The van der Waals surface area contributed by atoms with Gasteiger partial charge in [-0.3, -0.25) is 4.79 Å². The predicted octanol–water partition coefficient (Wildman–Crippen LogP) is 3.13. The molecule has 0 unspecified atom stereocenters. The summed E-state index contributed by atoms with van der Waals surface area (Å²) in [4.78, 5) is 15.0. The van der Waals surface area contributed by atoms with Crippen LogP contribution >= 0.6 is 12.4 Å². The van der Waals surface area contributed by atoms with Gasteiger partial charge in [0, 0.05) is 0 Å². The topological polar surface area (TPSA) is 29.5 Å². The molecule has 2 aromatic rings. The van der Waals surface area contributed by atoms with Crippen LogP contribution in [-0.4, -0.2) is 37.9 Å². The van der Waals surface area contributed by atoms with Gasteiger partial charge in [0.05, 0.1) is 6.54 Å². The molecule has 0 fully saturated rings. The first-order valence-electron chi connectivity index (χ1n) is 7.47. The van der Waals surface area contributed by atoms with Gasteiger partial charge in [0.15, 0.2) is 11.4 Å². The number of hydrogen-bond acceptors (Lipinski definition) is 3. The second-order valence-electron chi connectivity index (χ2n) is 5.57. The van der Waals surface area contributed by atoms with Gasteiger partial charge in [-0.1, -0.05) is 66.6 Å². The molecule has 0 atom stereocenters. The van der Waals surface area contributed by atoms with Crippen molar-refractivity contribution < 1.29 is 9.53 Å². The summed E-state index contributed by atoms with van der Waals surface area (Å²) in [6.45, 7) is 0.317. The van der Waals surface area contributed by atoms with Crippen LogP contribution < -0.4 is 0 Å². The lowest BCUT2D eigenvalue weighted by Crippen LogP contribution is -2.44. The van der Waals surface area contributed by atoms with Crippen molar-refractivity contribution in [1.29, 1.82) is 0 Å². The highest BCUT2D eigenvalue weighted by Crippen LogP contribution is 2.35. The lowest BCUT2D eigenvalue weighted by molar-refractivity contribution is -0.139. The lowest BCUT2D eigenvalue weighted by atomic mass is 9.82. The lowest BCUT2D eigenvalue weighted by Gasteiger charge is -2.34. The van der Waals surface area contributed by atoms with Crippen molar-refractivity contribution in [3.8, 4) is 12.3 Å². The molecule has 126 valence electrons. The largest absolute Gasteiger partial charge is 0.345 e. The van der Waals surface area contributed by atoms with Crippen LogP contribution in [0.5, 0.6) is 0 Å². The number of Topliss-reactive ketones (excluding diaryl/α,β-unsaturated/α-hetero) is 1. The van der Waals surface area contributed by atoms with Crippen LogP contribution in [0.4, 0.5) is 0 Å². The Kier molecular flexibility index (Phi) is 7.67. The maximum atomic E-state index is 13.1. The number of hydrogen-bond donors (Lipinski definition) is 0. The monoisotopic (exact) mass is 343 g/mol. The van der Waals surface area contributed by atoms with E-state index in [1.807, 2.05) is 79.7 Å². The highest BCUT2D eigenvalue weighted by atomic mass is 35.5. The van der Waals surface area contributed by atoms with Gasteiger partial charge in [-0.05, 0) is 25.2 Å². The van der Waals surface area contributed by atoms with E-state index in [1.165, 1.54) is 0 Å². The first-order chi connectivity index (χ1) is 11.1. The fourth-order valence-electron chi connectivity index (χ4n) is 2.63. The van der Waals surface area contributed by atoms with E-state index in [0.29, 0.717) is 0 Å². The average Bonchev–Trinajstić information content (AvgIpc) is 2.57. The van der Waals surface area contributed by atoms with E-state index in [0.717, 1.165) is 11.1 Å². The van der Waals surface area contributed by atoms with Gasteiger partial charge in [-0.2, -0.15) is 0 Å². The van der Waals surface area contributed by atoms with Crippen molar-refractivity contribution in [2.24, 2.45) is 0 Å². The van der Waals surface area contributed by atoms with Crippen molar-refractivity contribution in [3.05, 3.63) is 71.8 Å². The second-order valence-corrected chi connectivity index (χ2v) is 5.57. The van der Waals surface area contributed by atoms with E-state index in [9.17, 15) is 4.79 Å². The van der Waals surface area contributed by atoms with Gasteiger partial charge in [0.25, 0.3) is 0 Å². The number of likely N-dealkylation sites (N-methyl/N-ethyl adjacent to an activating group) is 1. The number of ketones is 1. The highest BCUT2D eigenvalue weighted by Gasteiger charge is 2.42. The van der Waals surface area contributed by atoms with Crippen LogP contribution in [0, 0.1) is 12.3 Å². The molecule has 0 spiro atoms. The Balaban J connectivity index is 0.00000288. The van der Waals surface area contributed by atoms with Gasteiger partial charge >= 0.3 is 0 Å². The Hall–Kier alpha value is -2.12. The second kappa shape index (κ2) is 9.24. The van der Waals surface area contributed by atoms with Crippen LogP contribution in [0.2, 0.25) is 0 Å². The van der Waals surface area contributed by atoms with E-state index in [1.54, 1.807) is 0 Å². The molecule has 2 aromatic carbocycles. The number of rotatable bonds is 7. The molecule has 0 aliphatic carbocycles. The minimum absolute atomic E-state index is 0. The summed E-state index contributed by atoms with van der Waals surface area (Å²) in [6.07, 6.45) is 5.40. The molecule has 4 heteroatoms. The Morgan fingerprint density at radius 1 is 1.04 bits per heavy atom. The summed E-state index contributed by atoms with van der Waals surface area (Å²) >= 11 is 0. The van der Waals surface area contributed by atoms with Crippen molar-refractivity contribution in [3.63, 3.8) is 0 Å². The fraction of sp³-hybridized carbons (Fsp3) is 0.250. The maximum absolute atomic E-state index is 13.1. The molecule has 0 radical (unpaired) electrons. The molecule has 0 heterocycles. The summed E-state index contributed by atoms with van der Waals surface area (Å²) in [7, 11) is 3.72. The third-order valence-electron chi connectivity index (χ3n) is 3.59. The molecule has 0 aliphatic rings. The van der Waals surface area contributed by atoms with Gasteiger partial charge in [0.1, 0.15) is 6.61 Å². The van der Waals surface area contributed by atoms with E-state index >= 15 is 0 Å². The third-order valence-corrected chi connectivity index (χ3v) is 3.59. The number of carbonyl (C=O) groups excluding carboxylic acids is 1. The third kappa shape index (κ3) is 4.24. The molecule has 0 bridgehead atoms. The summed E-state index contributed by atoms with van der Waals surface area (Å²) in [5, 5.41) is 0. The number of carbonyl (C=O) groups is 1. The molecule has 2 rings (SSSR count). The van der Waals surface area contributed by atoms with Crippen LogP contribution in [0.3, 0.4) is 0 Å². The molecule has 0 saturated heterocycles. The predicted molar refractivity (Wildman–Crippen MR) is 99.3 cm³/mol. The zero-order chi connectivity index (χ0) is 16.7. The van der Waals surface area contributed by atoms with E-state index in [-0.39, 0.29) is 31.3 Å². The zero-order valence-electron chi connectivity index (χ0n) is 13.9. The number of nitrogens with zero attached hydrogens (tertiary/aromatic N) is 1. The molecule has 0 amide bonds. The van der Waals surface area contributed by atoms with Gasteiger partial charge in [0.2, 0.25) is 0 Å². The smallest absolute Gasteiger partial charge is 0.187 e.